The Bertz CT molecular complexity index is 8.00. The minimum atomic E-state index is 0. The van der Waals surface area contributed by atoms with Gasteiger partial charge in [0, 0.05) is 48.4 Å². The van der Waals surface area contributed by atoms with Gasteiger partial charge in [-0.25, -0.2) is 0 Å². The van der Waals surface area contributed by atoms with Crippen LogP contribution in [0.5, 0.6) is 0 Å². The van der Waals surface area contributed by atoms with Crippen LogP contribution in [0.2, 0.25) is 0 Å². The van der Waals surface area contributed by atoms with Crippen molar-refractivity contribution in [1.29, 1.82) is 0 Å². The summed E-state index contributed by atoms with van der Waals surface area (Å²) < 4.78 is 8.33. The van der Waals surface area contributed by atoms with Crippen LogP contribution in [-0.2, 0) is 23.2 Å². The van der Waals surface area contributed by atoms with Gasteiger partial charge in [-0.2, -0.15) is 0 Å². The third kappa shape index (κ3) is 8.94. The van der Waals surface area contributed by atoms with Gasteiger partial charge in [-0.05, 0) is 0 Å². The molecule has 0 aliphatic rings. The molecule has 0 aromatic rings. The zero-order valence-corrected chi connectivity index (χ0v) is 7.75. The van der Waals surface area contributed by atoms with E-state index in [9.17, 15) is 0 Å². The zero-order chi connectivity index (χ0) is 2.00. The van der Waals surface area contributed by atoms with Crippen LogP contribution >= 0.6 is 0 Å². The fraction of sp³-hybridized carbons (Fsp3) is 0. The average Bonchev–Trinajstić information content (AvgIpc) is 1.00. The van der Waals surface area contributed by atoms with Gasteiger partial charge >= 0.3 is 23.2 Å². The van der Waals surface area contributed by atoms with Crippen molar-refractivity contribution >= 4 is 48.4 Å². The first-order valence-electron chi connectivity index (χ1n) is 0.167. The first kappa shape index (κ1) is 16.5. The molecule has 0 atom stereocenters. The second-order valence-corrected chi connectivity index (χ2v) is 0. The van der Waals surface area contributed by atoms with Gasteiger partial charge in [-0.3, -0.25) is 0 Å². The summed E-state index contributed by atoms with van der Waals surface area (Å²) in [5, 5.41) is 0. The van der Waals surface area contributed by atoms with E-state index in [0.717, 1.165) is 0 Å². The summed E-state index contributed by atoms with van der Waals surface area (Å²) in [6.07, 6.45) is 0. The first-order chi connectivity index (χ1) is 1.00. The Kier molecular flexibility index (Phi) is 80.7. The Balaban J connectivity index is -0.00000000500. The van der Waals surface area contributed by atoms with Crippen molar-refractivity contribution < 1.29 is 23.2 Å². The molecule has 2 radical (unpaired) electrons. The van der Waals surface area contributed by atoms with Crippen molar-refractivity contribution in [1.82, 2.24) is 0 Å². The molecule has 0 aliphatic heterocycles. The fourth-order valence-corrected chi connectivity index (χ4v) is 0. The summed E-state index contributed by atoms with van der Waals surface area (Å²) in [6, 6.07) is 0. The second kappa shape index (κ2) is 19.5. The Morgan fingerprint density at radius 2 is 1.25 bits per heavy atom. The summed E-state index contributed by atoms with van der Waals surface area (Å²) in [4.78, 5) is 0. The van der Waals surface area contributed by atoms with Gasteiger partial charge in [-0.1, -0.05) is 0 Å². The van der Waals surface area contributed by atoms with Crippen LogP contribution < -0.4 is 0 Å². The molecule has 0 heterocycles. The van der Waals surface area contributed by atoms with Gasteiger partial charge in [0.15, 0.2) is 0 Å². The van der Waals surface area contributed by atoms with Crippen molar-refractivity contribution in [3.8, 4) is 0 Å². The van der Waals surface area contributed by atoms with Gasteiger partial charge in [-0.15, -0.1) is 0 Å². The minimum absolute atomic E-state index is 0. The Labute approximate surface area is 70.6 Å². The normalized spacial score (nSPS) is 1.00. The van der Waals surface area contributed by atoms with Crippen LogP contribution in [-0.4, -0.2) is 48.4 Å². The molecule has 0 unspecified atom stereocenters. The monoisotopic (exact) mass is 230 g/mol. The van der Waals surface area contributed by atoms with E-state index in [-0.39, 0.29) is 48.4 Å². The van der Waals surface area contributed by atoms with Crippen LogP contribution in [0.1, 0.15) is 0 Å². The summed E-state index contributed by atoms with van der Waals surface area (Å²) in [6.45, 7) is 0. The molecule has 0 rings (SSSR count). The number of rotatable bonds is 0. The van der Waals surface area contributed by atoms with Crippen molar-refractivity contribution in [3.05, 3.63) is 0 Å². The van der Waals surface area contributed by atoms with Crippen LogP contribution in [0.3, 0.4) is 0 Å². The standard InChI is InChI=1S/Li.Na.O.W. The fourth-order valence-electron chi connectivity index (χ4n) is 0. The molecular weight excluding hydrogens is 230 g/mol. The van der Waals surface area contributed by atoms with Gasteiger partial charge in [0.25, 0.3) is 0 Å². The molecule has 4 heteroatoms. The number of hydrogen-bond acceptors (Lipinski definition) is 1. The molecular formula is LiNaOW. The van der Waals surface area contributed by atoms with E-state index in [1.165, 1.54) is 0 Å². The molecule has 0 aromatic carbocycles. The van der Waals surface area contributed by atoms with Crippen LogP contribution in [0, 0.1) is 0 Å². The molecule has 1 nitrogen and oxygen atoms in total. The molecule has 0 saturated carbocycles. The predicted octanol–water partition coefficient (Wildman–Crippen LogP) is -0.883. The number of hydrogen-bond donors (Lipinski definition) is 0. The zero-order valence-electron chi connectivity index (χ0n) is 2.82. The van der Waals surface area contributed by atoms with Gasteiger partial charge in [0.1, 0.15) is 0 Å². The van der Waals surface area contributed by atoms with E-state index in [2.05, 4.69) is 0 Å². The van der Waals surface area contributed by atoms with E-state index in [1.54, 1.807) is 0 Å². The summed E-state index contributed by atoms with van der Waals surface area (Å²) in [5.41, 5.74) is 0. The Hall–Kier alpha value is 2.09. The second-order valence-electron chi connectivity index (χ2n) is 0. The molecule has 0 N–H and O–H groups in total. The van der Waals surface area contributed by atoms with Crippen molar-refractivity contribution in [2.45, 2.75) is 0 Å². The predicted molar refractivity (Wildman–Crippen MR) is 12.2 cm³/mol. The average molecular weight is 230 g/mol. The molecule has 0 spiro atoms. The van der Waals surface area contributed by atoms with E-state index in [4.69, 9.17) is 3.40 Å². The van der Waals surface area contributed by atoms with E-state index < -0.39 is 0 Å². The van der Waals surface area contributed by atoms with Crippen LogP contribution in [0.15, 0.2) is 0 Å². The van der Waals surface area contributed by atoms with Crippen molar-refractivity contribution in [2.75, 3.05) is 0 Å². The van der Waals surface area contributed by atoms with Crippen LogP contribution in [0.4, 0.5) is 0 Å². The molecule has 4 heavy (non-hydrogen) atoms. The van der Waals surface area contributed by atoms with E-state index in [1.807, 2.05) is 0 Å². The molecule has 0 aliphatic carbocycles. The van der Waals surface area contributed by atoms with Gasteiger partial charge < -0.3 is 0 Å². The van der Waals surface area contributed by atoms with E-state index >= 15 is 0 Å². The molecule has 0 bridgehead atoms. The summed E-state index contributed by atoms with van der Waals surface area (Å²) >= 11 is 0.333. The maximum absolute atomic E-state index is 8.33. The first-order valence-corrected chi connectivity index (χ1v) is 1.36. The van der Waals surface area contributed by atoms with Gasteiger partial charge in [0.2, 0.25) is 0 Å². The van der Waals surface area contributed by atoms with E-state index in [0.29, 0.717) is 19.8 Å². The Morgan fingerprint density at radius 1 is 1.25 bits per heavy atom. The maximum atomic E-state index is 8.33. The molecule has 0 fully saturated rings. The summed E-state index contributed by atoms with van der Waals surface area (Å²) in [7, 11) is 0. The third-order valence-electron chi connectivity index (χ3n) is 0. The quantitative estimate of drug-likeness (QED) is 0.493. The summed E-state index contributed by atoms with van der Waals surface area (Å²) in [5.74, 6) is 0. The van der Waals surface area contributed by atoms with Crippen molar-refractivity contribution in [2.24, 2.45) is 0 Å². The topological polar surface area (TPSA) is 17.1 Å². The molecule has 0 aromatic heterocycles. The third-order valence-corrected chi connectivity index (χ3v) is 0. The molecule has 0 saturated heterocycles. The SMILES string of the molecule is [Li].[Na].[O]=[W]. The molecule has 0 amide bonds. The molecule has 14 valence electrons. The van der Waals surface area contributed by atoms with Crippen molar-refractivity contribution in [3.63, 3.8) is 0 Å². The van der Waals surface area contributed by atoms with Gasteiger partial charge in [0.05, 0.1) is 0 Å². The van der Waals surface area contributed by atoms with Crippen LogP contribution in [0.25, 0.3) is 0 Å². The Morgan fingerprint density at radius 3 is 1.25 bits per heavy atom.